The summed E-state index contributed by atoms with van der Waals surface area (Å²) in [7, 11) is 0. The highest BCUT2D eigenvalue weighted by Crippen LogP contribution is 2.36. The summed E-state index contributed by atoms with van der Waals surface area (Å²) in [6, 6.07) is 8.88. The number of anilines is 2. The van der Waals surface area contributed by atoms with Gasteiger partial charge < -0.3 is 15.5 Å². The summed E-state index contributed by atoms with van der Waals surface area (Å²) in [5.74, 6) is -1.32. The van der Waals surface area contributed by atoms with Gasteiger partial charge in [-0.15, -0.1) is 11.3 Å². The second kappa shape index (κ2) is 9.04. The van der Waals surface area contributed by atoms with E-state index in [1.807, 2.05) is 13.0 Å². The van der Waals surface area contributed by atoms with Crippen molar-refractivity contribution in [1.29, 1.82) is 0 Å². The molecule has 0 spiro atoms. The van der Waals surface area contributed by atoms with Gasteiger partial charge in [0.25, 0.3) is 0 Å². The highest BCUT2D eigenvalue weighted by molar-refractivity contribution is 7.15. The number of nitrogens with one attached hydrogen (secondary N) is 1. The summed E-state index contributed by atoms with van der Waals surface area (Å²) in [6.07, 6.45) is -0.826. The van der Waals surface area contributed by atoms with Crippen molar-refractivity contribution in [3.8, 4) is 10.4 Å². The van der Waals surface area contributed by atoms with Crippen molar-refractivity contribution in [1.82, 2.24) is 19.9 Å². The van der Waals surface area contributed by atoms with E-state index in [-0.39, 0.29) is 17.2 Å². The molecule has 0 amide bonds. The number of carboxylic acid groups (broad SMARTS) is 1. The van der Waals surface area contributed by atoms with Gasteiger partial charge in [0.05, 0.1) is 16.1 Å². The first-order chi connectivity index (χ1) is 16.4. The lowest BCUT2D eigenvalue weighted by Gasteiger charge is -2.19. The Morgan fingerprint density at radius 2 is 1.80 bits per heavy atom. The fraction of sp³-hybridized carbons (Fsp3) is 0.174. The third-order valence-corrected chi connectivity index (χ3v) is 6.25. The number of nitrogens with zero attached hydrogens (tertiary/aromatic N) is 4. The number of aromatic nitrogens is 4. The molecule has 180 valence electrons. The first-order valence-electron chi connectivity index (χ1n) is 10.1. The lowest BCUT2D eigenvalue weighted by atomic mass is 10.0. The summed E-state index contributed by atoms with van der Waals surface area (Å²) in [4.78, 5) is 27.5. The van der Waals surface area contributed by atoms with Crippen LogP contribution in [0.4, 0.5) is 24.8 Å². The van der Waals surface area contributed by atoms with Crippen LogP contribution in [-0.4, -0.2) is 36.1 Å². The smallest absolute Gasteiger partial charge is 0.433 e. The Labute approximate surface area is 201 Å². The normalized spacial score (nSPS) is 13.3. The van der Waals surface area contributed by atoms with Crippen LogP contribution in [0.25, 0.3) is 10.4 Å². The number of halogens is 3. The molecule has 1 aromatic carbocycles. The molecule has 0 fully saturated rings. The van der Waals surface area contributed by atoms with Gasteiger partial charge in [0.1, 0.15) is 10.7 Å². The van der Waals surface area contributed by atoms with Crippen molar-refractivity contribution in [3.63, 3.8) is 0 Å². The summed E-state index contributed by atoms with van der Waals surface area (Å²) < 4.78 is 38.9. The van der Waals surface area contributed by atoms with Crippen LogP contribution in [0.2, 0.25) is 0 Å². The lowest BCUT2D eigenvalue weighted by Crippen LogP contribution is -2.24. The van der Waals surface area contributed by atoms with E-state index in [4.69, 9.17) is 5.11 Å². The van der Waals surface area contributed by atoms with E-state index < -0.39 is 23.4 Å². The van der Waals surface area contributed by atoms with E-state index in [1.54, 1.807) is 18.3 Å². The van der Waals surface area contributed by atoms with Gasteiger partial charge in [-0.2, -0.15) is 13.2 Å². The first kappa shape index (κ1) is 24.2. The summed E-state index contributed by atoms with van der Waals surface area (Å²) in [5, 5.41) is 23.2. The number of hydrogen-bond acceptors (Lipinski definition) is 8. The Bertz CT molecular complexity index is 1390. The average molecular weight is 501 g/mol. The van der Waals surface area contributed by atoms with E-state index in [1.165, 1.54) is 30.4 Å². The van der Waals surface area contributed by atoms with E-state index >= 15 is 0 Å². The molecule has 3 aromatic heterocycles. The van der Waals surface area contributed by atoms with Gasteiger partial charge in [0.2, 0.25) is 5.95 Å². The minimum Gasteiger partial charge on any atom is -0.478 e. The fourth-order valence-corrected chi connectivity index (χ4v) is 4.21. The number of carbonyl (C=O) groups is 1. The highest BCUT2D eigenvalue weighted by Gasteiger charge is 2.33. The molecule has 0 saturated heterocycles. The second-order valence-corrected chi connectivity index (χ2v) is 8.85. The fourth-order valence-electron chi connectivity index (χ4n) is 3.25. The summed E-state index contributed by atoms with van der Waals surface area (Å²) in [5.41, 5.74) is -0.380. The number of aromatic carboxylic acids is 1. The maximum Gasteiger partial charge on any atom is 0.433 e. The predicted molar refractivity (Wildman–Crippen MR) is 122 cm³/mol. The van der Waals surface area contributed by atoms with E-state index in [9.17, 15) is 23.1 Å². The number of benzene rings is 1. The molecule has 4 rings (SSSR count). The number of aryl methyl sites for hydroxylation is 1. The minimum absolute atomic E-state index is 0.00563. The van der Waals surface area contributed by atoms with Crippen LogP contribution < -0.4 is 5.32 Å². The van der Waals surface area contributed by atoms with E-state index in [0.29, 0.717) is 21.1 Å². The Morgan fingerprint density at radius 1 is 1.03 bits per heavy atom. The van der Waals surface area contributed by atoms with Crippen LogP contribution in [-0.2, 0) is 11.8 Å². The van der Waals surface area contributed by atoms with Gasteiger partial charge in [-0.05, 0) is 55.3 Å². The number of hydrogen-bond donors (Lipinski definition) is 3. The average Bonchev–Trinajstić information content (AvgIpc) is 3.30. The van der Waals surface area contributed by atoms with Crippen molar-refractivity contribution >= 4 is 28.9 Å². The Balaban J connectivity index is 1.61. The topological polar surface area (TPSA) is 121 Å². The molecule has 0 aliphatic carbocycles. The van der Waals surface area contributed by atoms with Gasteiger partial charge in [-0.1, -0.05) is 6.07 Å². The predicted octanol–water partition coefficient (Wildman–Crippen LogP) is 5.02. The van der Waals surface area contributed by atoms with Crippen molar-refractivity contribution < 1.29 is 28.2 Å². The number of rotatable bonds is 6. The summed E-state index contributed by atoms with van der Waals surface area (Å²) >= 11 is 1.20. The maximum absolute atomic E-state index is 13.0. The molecular weight excluding hydrogens is 483 g/mol. The van der Waals surface area contributed by atoms with Crippen molar-refractivity contribution in [3.05, 3.63) is 82.5 Å². The van der Waals surface area contributed by atoms with Crippen LogP contribution in [0.1, 0.15) is 39.2 Å². The number of alkyl halides is 3. The molecule has 1 atom stereocenters. The van der Waals surface area contributed by atoms with Gasteiger partial charge in [0.15, 0.2) is 5.60 Å². The quantitative estimate of drug-likeness (QED) is 0.337. The van der Waals surface area contributed by atoms with E-state index in [0.717, 1.165) is 24.0 Å². The zero-order chi connectivity index (χ0) is 25.4. The molecule has 0 aliphatic rings. The molecular formula is C23H18F3N5O3S. The molecule has 1 unspecified atom stereocenters. The third-order valence-electron chi connectivity index (χ3n) is 5.00. The van der Waals surface area contributed by atoms with Crippen LogP contribution in [0.15, 0.2) is 55.0 Å². The third kappa shape index (κ3) is 5.28. The molecule has 0 radical (unpaired) electrons. The van der Waals surface area contributed by atoms with Crippen molar-refractivity contribution in [2.24, 2.45) is 0 Å². The minimum atomic E-state index is -4.59. The molecule has 0 saturated carbocycles. The standard InChI is InChI=1S/C23H18F3N5O3S/c1-12-7-14(9-15(8-12)30-21-27-6-5-18(31-21)23(24,25)26)16-11-29-20(35-16)22(2,34)17-4-3-13(10-28-17)19(32)33/h3-11,34H,1-2H3,(H,32,33)(H,27,30,31). The Hall–Kier alpha value is -3.90. The number of aliphatic hydroxyl groups is 1. The maximum atomic E-state index is 13.0. The monoisotopic (exact) mass is 501 g/mol. The first-order valence-corrected chi connectivity index (χ1v) is 10.9. The van der Waals surface area contributed by atoms with Gasteiger partial charge in [-0.3, -0.25) is 4.98 Å². The molecule has 3 heterocycles. The molecule has 35 heavy (non-hydrogen) atoms. The van der Waals surface area contributed by atoms with Crippen LogP contribution in [0.5, 0.6) is 0 Å². The van der Waals surface area contributed by atoms with Crippen LogP contribution >= 0.6 is 11.3 Å². The van der Waals surface area contributed by atoms with Crippen molar-refractivity contribution in [2.45, 2.75) is 25.6 Å². The number of pyridine rings is 1. The molecule has 8 nitrogen and oxygen atoms in total. The SMILES string of the molecule is Cc1cc(Nc2nccc(C(F)(F)F)n2)cc(-c2cnc(C(C)(O)c3ccc(C(=O)O)cn3)s2)c1. The Morgan fingerprint density at radius 3 is 2.46 bits per heavy atom. The number of carboxylic acids is 1. The second-order valence-electron chi connectivity index (χ2n) is 7.82. The molecule has 0 aliphatic heterocycles. The largest absolute Gasteiger partial charge is 0.478 e. The molecule has 4 aromatic rings. The highest BCUT2D eigenvalue weighted by atomic mass is 32.1. The van der Waals surface area contributed by atoms with Crippen LogP contribution in [0.3, 0.4) is 0 Å². The van der Waals surface area contributed by atoms with Gasteiger partial charge >= 0.3 is 12.1 Å². The van der Waals surface area contributed by atoms with E-state index in [2.05, 4.69) is 25.3 Å². The molecule has 0 bridgehead atoms. The summed E-state index contributed by atoms with van der Waals surface area (Å²) in [6.45, 7) is 3.33. The van der Waals surface area contributed by atoms with Crippen molar-refractivity contribution in [2.75, 3.05) is 5.32 Å². The molecule has 3 N–H and O–H groups in total. The number of thiazole rings is 1. The Kier molecular flexibility index (Phi) is 6.26. The van der Waals surface area contributed by atoms with Crippen LogP contribution in [0, 0.1) is 6.92 Å². The van der Waals surface area contributed by atoms with Gasteiger partial charge in [-0.25, -0.2) is 19.7 Å². The van der Waals surface area contributed by atoms with Gasteiger partial charge in [0, 0.05) is 24.3 Å². The zero-order valence-electron chi connectivity index (χ0n) is 18.3. The molecule has 12 heteroatoms. The lowest BCUT2D eigenvalue weighted by molar-refractivity contribution is -0.141. The zero-order valence-corrected chi connectivity index (χ0v) is 19.1.